The van der Waals surface area contributed by atoms with Crippen LogP contribution in [0.15, 0.2) is 30.6 Å². The number of alkyl halides is 3. The lowest BCUT2D eigenvalue weighted by Gasteiger charge is -2.11. The number of hydrogen-bond donors (Lipinski definition) is 1. The maximum absolute atomic E-state index is 13.0. The molecule has 0 unspecified atom stereocenters. The molecular weight excluding hydrogens is 283 g/mol. The quantitative estimate of drug-likeness (QED) is 0.748. The Balaban J connectivity index is 2.27. The number of anilines is 1. The van der Waals surface area contributed by atoms with Crippen molar-refractivity contribution in [3.05, 3.63) is 36.3 Å². The Morgan fingerprint density at radius 1 is 1.29 bits per heavy atom. The van der Waals surface area contributed by atoms with Crippen LogP contribution in [0, 0.1) is 0 Å². The van der Waals surface area contributed by atoms with Crippen molar-refractivity contribution in [1.29, 1.82) is 0 Å². The first-order chi connectivity index (χ1) is 9.88. The Hall–Kier alpha value is -2.64. The molecule has 0 aliphatic rings. The summed E-state index contributed by atoms with van der Waals surface area (Å²) in [4.78, 5) is 7.61. The van der Waals surface area contributed by atoms with Crippen molar-refractivity contribution in [2.45, 2.75) is 6.18 Å². The molecule has 0 fully saturated rings. The van der Waals surface area contributed by atoms with Crippen molar-refractivity contribution in [3.8, 4) is 11.3 Å². The molecule has 2 N–H and O–H groups in total. The van der Waals surface area contributed by atoms with Crippen LogP contribution in [0.1, 0.15) is 5.69 Å². The topological polar surface area (TPSA) is 69.6 Å². The second kappa shape index (κ2) is 4.44. The van der Waals surface area contributed by atoms with Crippen LogP contribution in [0.5, 0.6) is 0 Å². The molecule has 0 saturated carbocycles. The van der Waals surface area contributed by atoms with Gasteiger partial charge >= 0.3 is 6.18 Å². The number of halogens is 3. The van der Waals surface area contributed by atoms with E-state index in [9.17, 15) is 13.2 Å². The lowest BCUT2D eigenvalue weighted by Crippen LogP contribution is -2.10. The molecular formula is C13H10F3N5. The number of nitrogens with two attached hydrogens (primary N) is 1. The van der Waals surface area contributed by atoms with Crippen LogP contribution in [0.2, 0.25) is 0 Å². The first kappa shape index (κ1) is 13.3. The number of nitrogen functional groups attached to an aromatic ring is 1. The van der Waals surface area contributed by atoms with E-state index in [1.165, 1.54) is 29.1 Å². The van der Waals surface area contributed by atoms with E-state index < -0.39 is 11.9 Å². The fourth-order valence-corrected chi connectivity index (χ4v) is 2.20. The summed E-state index contributed by atoms with van der Waals surface area (Å²) < 4.78 is 40.6. The highest BCUT2D eigenvalue weighted by Gasteiger charge is 2.35. The number of hydrogen-bond acceptors (Lipinski definition) is 4. The molecule has 0 amide bonds. The van der Waals surface area contributed by atoms with Crippen LogP contribution < -0.4 is 5.73 Å². The second-order valence-corrected chi connectivity index (χ2v) is 4.50. The maximum Gasteiger partial charge on any atom is 0.434 e. The van der Waals surface area contributed by atoms with Gasteiger partial charge in [-0.05, 0) is 18.2 Å². The van der Waals surface area contributed by atoms with Crippen LogP contribution in [0.4, 0.5) is 18.9 Å². The van der Waals surface area contributed by atoms with Crippen LogP contribution in [0.25, 0.3) is 22.3 Å². The number of rotatable bonds is 1. The van der Waals surface area contributed by atoms with Crippen molar-refractivity contribution in [2.75, 3.05) is 5.73 Å². The summed E-state index contributed by atoms with van der Waals surface area (Å²) in [5.74, 6) is 0. The van der Waals surface area contributed by atoms with E-state index in [2.05, 4.69) is 15.1 Å². The van der Waals surface area contributed by atoms with Gasteiger partial charge < -0.3 is 5.73 Å². The van der Waals surface area contributed by atoms with E-state index in [4.69, 9.17) is 5.73 Å². The smallest absolute Gasteiger partial charge is 0.397 e. The van der Waals surface area contributed by atoms with Gasteiger partial charge in [0.2, 0.25) is 0 Å². The molecule has 3 aromatic rings. The van der Waals surface area contributed by atoms with E-state index in [-0.39, 0.29) is 11.3 Å². The summed E-state index contributed by atoms with van der Waals surface area (Å²) in [5, 5.41) is 4.00. The van der Waals surface area contributed by atoms with Gasteiger partial charge in [-0.25, -0.2) is 4.98 Å². The average Bonchev–Trinajstić information content (AvgIpc) is 2.80. The summed E-state index contributed by atoms with van der Waals surface area (Å²) in [6, 6.07) is 4.14. The normalized spacial score (nSPS) is 12.0. The molecule has 3 heterocycles. The third kappa shape index (κ3) is 2.18. The zero-order valence-corrected chi connectivity index (χ0v) is 10.9. The lowest BCUT2D eigenvalue weighted by atomic mass is 10.1. The number of aryl methyl sites for hydroxylation is 1. The molecule has 108 valence electrons. The zero-order valence-electron chi connectivity index (χ0n) is 10.9. The molecule has 8 heteroatoms. The predicted octanol–water partition coefficient (Wildman–Crippen LogP) is 2.63. The molecule has 0 bridgehead atoms. The Morgan fingerprint density at radius 2 is 2.05 bits per heavy atom. The van der Waals surface area contributed by atoms with E-state index in [0.29, 0.717) is 16.7 Å². The highest BCUT2D eigenvalue weighted by Crippen LogP contribution is 2.36. The van der Waals surface area contributed by atoms with Crippen LogP contribution >= 0.6 is 0 Å². The van der Waals surface area contributed by atoms with Crippen molar-refractivity contribution in [1.82, 2.24) is 19.7 Å². The standard InChI is InChI=1S/C13H10F3N5/c1-21-11-8(17)5-9(20-10(11)6-19-21)7-3-2-4-18-12(7)13(14,15)16/h2-6H,1H3,(H2,17,20). The second-order valence-electron chi connectivity index (χ2n) is 4.50. The molecule has 0 aliphatic carbocycles. The highest BCUT2D eigenvalue weighted by molar-refractivity contribution is 5.89. The van der Waals surface area contributed by atoms with Crippen molar-refractivity contribution in [3.63, 3.8) is 0 Å². The van der Waals surface area contributed by atoms with Crippen molar-refractivity contribution >= 4 is 16.7 Å². The molecule has 0 aliphatic heterocycles. The van der Waals surface area contributed by atoms with Gasteiger partial charge in [0.05, 0.1) is 17.6 Å². The molecule has 0 saturated heterocycles. The fraction of sp³-hybridized carbons (Fsp3) is 0.154. The van der Waals surface area contributed by atoms with Crippen molar-refractivity contribution in [2.24, 2.45) is 7.05 Å². The molecule has 3 aromatic heterocycles. The maximum atomic E-state index is 13.0. The summed E-state index contributed by atoms with van der Waals surface area (Å²) in [7, 11) is 1.69. The summed E-state index contributed by atoms with van der Waals surface area (Å²) in [6.07, 6.45) is -2.01. The number of aromatic nitrogens is 4. The molecule has 0 spiro atoms. The Kier molecular flexibility index (Phi) is 2.82. The minimum atomic E-state index is -4.56. The number of nitrogens with zero attached hydrogens (tertiary/aromatic N) is 4. The summed E-state index contributed by atoms with van der Waals surface area (Å²) in [5.41, 5.74) is 6.25. The van der Waals surface area contributed by atoms with Gasteiger partial charge in [0.25, 0.3) is 0 Å². The third-order valence-corrected chi connectivity index (χ3v) is 3.08. The SMILES string of the molecule is Cn1ncc2nc(-c3cccnc3C(F)(F)F)cc(N)c21. The van der Waals surface area contributed by atoms with E-state index in [1.807, 2.05) is 0 Å². The monoisotopic (exact) mass is 293 g/mol. The first-order valence-electron chi connectivity index (χ1n) is 5.99. The van der Waals surface area contributed by atoms with Gasteiger partial charge in [-0.3, -0.25) is 9.67 Å². The largest absolute Gasteiger partial charge is 0.434 e. The predicted molar refractivity (Wildman–Crippen MR) is 71.2 cm³/mol. The Bertz CT molecular complexity index is 822. The molecule has 0 atom stereocenters. The van der Waals surface area contributed by atoms with Gasteiger partial charge in [-0.1, -0.05) is 0 Å². The average molecular weight is 293 g/mol. The van der Waals surface area contributed by atoms with Crippen LogP contribution in [-0.2, 0) is 13.2 Å². The van der Waals surface area contributed by atoms with E-state index in [1.54, 1.807) is 7.05 Å². The van der Waals surface area contributed by atoms with E-state index >= 15 is 0 Å². The van der Waals surface area contributed by atoms with Gasteiger partial charge in [-0.15, -0.1) is 0 Å². The number of fused-ring (bicyclic) bond motifs is 1. The highest BCUT2D eigenvalue weighted by atomic mass is 19.4. The summed E-state index contributed by atoms with van der Waals surface area (Å²) in [6.45, 7) is 0. The first-order valence-corrected chi connectivity index (χ1v) is 5.99. The number of pyridine rings is 2. The zero-order chi connectivity index (χ0) is 15.2. The molecule has 5 nitrogen and oxygen atoms in total. The van der Waals surface area contributed by atoms with Gasteiger partial charge in [-0.2, -0.15) is 18.3 Å². The van der Waals surface area contributed by atoms with Gasteiger partial charge in [0.1, 0.15) is 11.0 Å². The van der Waals surface area contributed by atoms with E-state index in [0.717, 1.165) is 6.20 Å². The lowest BCUT2D eigenvalue weighted by molar-refractivity contribution is -0.140. The Morgan fingerprint density at radius 3 is 2.76 bits per heavy atom. The van der Waals surface area contributed by atoms with Gasteiger partial charge in [0.15, 0.2) is 5.69 Å². The van der Waals surface area contributed by atoms with Gasteiger partial charge in [0, 0.05) is 18.8 Å². The van der Waals surface area contributed by atoms with Crippen LogP contribution in [-0.4, -0.2) is 19.7 Å². The molecule has 3 rings (SSSR count). The molecule has 21 heavy (non-hydrogen) atoms. The summed E-state index contributed by atoms with van der Waals surface area (Å²) >= 11 is 0. The fourth-order valence-electron chi connectivity index (χ4n) is 2.20. The minimum Gasteiger partial charge on any atom is -0.397 e. The van der Waals surface area contributed by atoms with Crippen LogP contribution in [0.3, 0.4) is 0 Å². The van der Waals surface area contributed by atoms with Crippen molar-refractivity contribution < 1.29 is 13.2 Å². The third-order valence-electron chi connectivity index (χ3n) is 3.08. The Labute approximate surface area is 117 Å². The molecule has 0 aromatic carbocycles. The molecule has 0 radical (unpaired) electrons. The minimum absolute atomic E-state index is 0.109.